The van der Waals surface area contributed by atoms with Crippen molar-refractivity contribution in [3.63, 3.8) is 0 Å². The van der Waals surface area contributed by atoms with Gasteiger partial charge in [0, 0.05) is 44.7 Å². The van der Waals surface area contributed by atoms with Crippen molar-refractivity contribution in [2.24, 2.45) is 0 Å². The minimum Gasteiger partial charge on any atom is -0.420 e. The summed E-state index contributed by atoms with van der Waals surface area (Å²) < 4.78 is 5.84. The highest BCUT2D eigenvalue weighted by Gasteiger charge is 2.25. The minimum atomic E-state index is 0.178. The second-order valence-electron chi connectivity index (χ2n) is 7.83. The van der Waals surface area contributed by atoms with E-state index in [9.17, 15) is 4.79 Å². The van der Waals surface area contributed by atoms with Crippen LogP contribution in [0.1, 0.15) is 37.6 Å². The molecule has 30 heavy (non-hydrogen) atoms. The topological polar surface area (TPSA) is 75.4 Å². The molecule has 0 aliphatic carbocycles. The van der Waals surface area contributed by atoms with Crippen LogP contribution >= 0.6 is 0 Å². The number of rotatable bonds is 6. The number of carbonyl (C=O) groups is 1. The van der Waals surface area contributed by atoms with Crippen molar-refractivity contribution in [2.75, 3.05) is 31.1 Å². The van der Waals surface area contributed by atoms with E-state index in [0.717, 1.165) is 30.9 Å². The summed E-state index contributed by atoms with van der Waals surface area (Å²) in [5, 5.41) is 8.35. The minimum absolute atomic E-state index is 0.178. The van der Waals surface area contributed by atoms with Gasteiger partial charge in [-0.1, -0.05) is 44.2 Å². The largest absolute Gasteiger partial charge is 0.420 e. The molecule has 7 heteroatoms. The Balaban J connectivity index is 1.39. The molecule has 1 saturated heterocycles. The number of aromatic nitrogens is 3. The predicted molar refractivity (Wildman–Crippen MR) is 115 cm³/mol. The summed E-state index contributed by atoms with van der Waals surface area (Å²) in [6.07, 6.45) is 3.09. The summed E-state index contributed by atoms with van der Waals surface area (Å²) in [7, 11) is 0. The van der Waals surface area contributed by atoms with Crippen LogP contribution in [0.5, 0.6) is 0 Å². The standard InChI is InChI=1S/C23H27N5O2/c1-17(2)22-25-26-23(30-22)19-9-6-12-24-21(19)28-15-13-27(14-16-28)20(29)11-10-18-7-4-3-5-8-18/h3-9,12,17H,10-11,13-16H2,1-2H3. The molecule has 0 atom stereocenters. The van der Waals surface area contributed by atoms with Crippen LogP contribution in [0.4, 0.5) is 5.82 Å². The van der Waals surface area contributed by atoms with Crippen molar-refractivity contribution in [3.05, 3.63) is 60.1 Å². The van der Waals surface area contributed by atoms with Crippen molar-refractivity contribution in [3.8, 4) is 11.5 Å². The third kappa shape index (κ3) is 4.50. The molecule has 0 N–H and O–H groups in total. The molecule has 1 aromatic carbocycles. The Hall–Kier alpha value is -3.22. The molecule has 4 rings (SSSR count). The predicted octanol–water partition coefficient (Wildman–Crippen LogP) is 3.54. The van der Waals surface area contributed by atoms with Crippen molar-refractivity contribution in [1.82, 2.24) is 20.1 Å². The van der Waals surface area contributed by atoms with E-state index in [1.54, 1.807) is 6.20 Å². The lowest BCUT2D eigenvalue weighted by Crippen LogP contribution is -2.49. The van der Waals surface area contributed by atoms with Crippen LogP contribution in [0.15, 0.2) is 53.1 Å². The molecule has 3 aromatic rings. The zero-order valence-electron chi connectivity index (χ0n) is 17.5. The first kappa shape index (κ1) is 20.1. The Morgan fingerprint density at radius 1 is 1.03 bits per heavy atom. The van der Waals surface area contributed by atoms with Gasteiger partial charge in [-0.3, -0.25) is 4.79 Å². The average Bonchev–Trinajstić information content (AvgIpc) is 3.29. The molecule has 2 aromatic heterocycles. The molecule has 156 valence electrons. The number of benzene rings is 1. The quantitative estimate of drug-likeness (QED) is 0.624. The number of aryl methyl sites for hydroxylation is 1. The fourth-order valence-electron chi connectivity index (χ4n) is 3.61. The molecular formula is C23H27N5O2. The maximum Gasteiger partial charge on any atom is 0.251 e. The van der Waals surface area contributed by atoms with Gasteiger partial charge >= 0.3 is 0 Å². The van der Waals surface area contributed by atoms with Crippen LogP contribution in [0.3, 0.4) is 0 Å². The van der Waals surface area contributed by atoms with Gasteiger partial charge in [-0.2, -0.15) is 0 Å². The Morgan fingerprint density at radius 2 is 1.80 bits per heavy atom. The Labute approximate surface area is 176 Å². The van der Waals surface area contributed by atoms with E-state index in [2.05, 4.69) is 32.2 Å². The lowest BCUT2D eigenvalue weighted by Gasteiger charge is -2.36. The van der Waals surface area contributed by atoms with E-state index < -0.39 is 0 Å². The van der Waals surface area contributed by atoms with Crippen LogP contribution in [0.25, 0.3) is 11.5 Å². The molecule has 0 spiro atoms. The molecular weight excluding hydrogens is 378 g/mol. The molecule has 0 unspecified atom stereocenters. The summed E-state index contributed by atoms with van der Waals surface area (Å²) in [5.41, 5.74) is 2.03. The molecule has 1 fully saturated rings. The molecule has 0 saturated carbocycles. The number of pyridine rings is 1. The number of carbonyl (C=O) groups excluding carboxylic acids is 1. The SMILES string of the molecule is CC(C)c1nnc(-c2cccnc2N2CCN(C(=O)CCc3ccccc3)CC2)o1. The number of hydrogen-bond acceptors (Lipinski definition) is 6. The van der Waals surface area contributed by atoms with Gasteiger partial charge in [0.2, 0.25) is 11.8 Å². The maximum atomic E-state index is 12.6. The molecule has 1 aliphatic rings. The lowest BCUT2D eigenvalue weighted by molar-refractivity contribution is -0.131. The van der Waals surface area contributed by atoms with E-state index in [4.69, 9.17) is 4.42 Å². The average molecular weight is 406 g/mol. The van der Waals surface area contributed by atoms with Crippen LogP contribution in [-0.4, -0.2) is 52.2 Å². The Bertz CT molecular complexity index is 978. The fraction of sp³-hybridized carbons (Fsp3) is 0.391. The van der Waals surface area contributed by atoms with Crippen LogP contribution in [0.2, 0.25) is 0 Å². The number of hydrogen-bond donors (Lipinski definition) is 0. The van der Waals surface area contributed by atoms with E-state index in [1.807, 2.05) is 49.1 Å². The van der Waals surface area contributed by atoms with Gasteiger partial charge in [-0.25, -0.2) is 4.98 Å². The highest BCUT2D eigenvalue weighted by Crippen LogP contribution is 2.29. The molecule has 0 radical (unpaired) electrons. The first-order chi connectivity index (χ1) is 14.6. The van der Waals surface area contributed by atoms with E-state index in [-0.39, 0.29) is 11.8 Å². The molecule has 7 nitrogen and oxygen atoms in total. The molecule has 0 bridgehead atoms. The van der Waals surface area contributed by atoms with Crippen molar-refractivity contribution in [2.45, 2.75) is 32.6 Å². The smallest absolute Gasteiger partial charge is 0.251 e. The van der Waals surface area contributed by atoms with E-state index in [0.29, 0.717) is 31.3 Å². The Morgan fingerprint density at radius 3 is 2.50 bits per heavy atom. The summed E-state index contributed by atoms with van der Waals surface area (Å²) in [4.78, 5) is 21.3. The molecule has 3 heterocycles. The normalized spacial score (nSPS) is 14.4. The highest BCUT2D eigenvalue weighted by atomic mass is 16.4. The van der Waals surface area contributed by atoms with Crippen molar-refractivity contribution < 1.29 is 9.21 Å². The highest BCUT2D eigenvalue weighted by molar-refractivity contribution is 5.77. The molecule has 1 amide bonds. The van der Waals surface area contributed by atoms with Crippen molar-refractivity contribution in [1.29, 1.82) is 0 Å². The second-order valence-corrected chi connectivity index (χ2v) is 7.83. The van der Waals surface area contributed by atoms with Gasteiger partial charge in [0.25, 0.3) is 5.89 Å². The molecule has 1 aliphatic heterocycles. The zero-order chi connectivity index (χ0) is 20.9. The third-order valence-electron chi connectivity index (χ3n) is 5.35. The lowest BCUT2D eigenvalue weighted by atomic mass is 10.1. The summed E-state index contributed by atoms with van der Waals surface area (Å²) in [6, 6.07) is 14.0. The van der Waals surface area contributed by atoms with Gasteiger partial charge in [-0.15, -0.1) is 10.2 Å². The van der Waals surface area contributed by atoms with Gasteiger partial charge in [-0.05, 0) is 24.1 Å². The van der Waals surface area contributed by atoms with Crippen LogP contribution in [0, 0.1) is 0 Å². The van der Waals surface area contributed by atoms with Gasteiger partial charge < -0.3 is 14.2 Å². The number of anilines is 1. The van der Waals surface area contributed by atoms with Crippen LogP contribution in [-0.2, 0) is 11.2 Å². The number of nitrogens with zero attached hydrogens (tertiary/aromatic N) is 5. The first-order valence-electron chi connectivity index (χ1n) is 10.5. The summed E-state index contributed by atoms with van der Waals surface area (Å²) >= 11 is 0. The fourth-order valence-corrected chi connectivity index (χ4v) is 3.61. The van der Waals surface area contributed by atoms with Gasteiger partial charge in [0.15, 0.2) is 0 Å². The summed E-state index contributed by atoms with van der Waals surface area (Å²) in [5.74, 6) is 2.32. The van der Waals surface area contributed by atoms with E-state index in [1.165, 1.54) is 5.56 Å². The maximum absolute atomic E-state index is 12.6. The van der Waals surface area contributed by atoms with Gasteiger partial charge in [0.1, 0.15) is 5.82 Å². The summed E-state index contributed by atoms with van der Waals surface area (Å²) in [6.45, 7) is 6.87. The van der Waals surface area contributed by atoms with Crippen molar-refractivity contribution >= 4 is 11.7 Å². The van der Waals surface area contributed by atoms with Crippen LogP contribution < -0.4 is 4.90 Å². The van der Waals surface area contributed by atoms with Gasteiger partial charge in [0.05, 0.1) is 5.56 Å². The third-order valence-corrected chi connectivity index (χ3v) is 5.35. The zero-order valence-corrected chi connectivity index (χ0v) is 17.5. The first-order valence-corrected chi connectivity index (χ1v) is 10.5. The Kier molecular flexibility index (Phi) is 6.07. The van der Waals surface area contributed by atoms with E-state index >= 15 is 0 Å². The number of piperazine rings is 1. The monoisotopic (exact) mass is 405 g/mol. The second kappa shape index (κ2) is 9.07. The number of amides is 1.